The molecule has 0 unspecified atom stereocenters. The Kier molecular flexibility index (Phi) is 4.90. The van der Waals surface area contributed by atoms with Crippen molar-refractivity contribution < 1.29 is 14.3 Å². The molecule has 0 N–H and O–H groups in total. The van der Waals surface area contributed by atoms with E-state index >= 15 is 0 Å². The van der Waals surface area contributed by atoms with Crippen molar-refractivity contribution in [2.75, 3.05) is 52.0 Å². The zero-order valence-electron chi connectivity index (χ0n) is 15.9. The molecule has 2 aliphatic heterocycles. The number of piperazine rings is 1. The highest BCUT2D eigenvalue weighted by atomic mass is 16.7. The molecule has 2 aromatic carbocycles. The van der Waals surface area contributed by atoms with Gasteiger partial charge in [-0.3, -0.25) is 9.69 Å². The molecular weight excluding hydrogens is 342 g/mol. The van der Waals surface area contributed by atoms with Gasteiger partial charge in [0.1, 0.15) is 0 Å². The molecule has 0 bridgehead atoms. The van der Waals surface area contributed by atoms with Gasteiger partial charge in [-0.15, -0.1) is 0 Å². The third-order valence-corrected chi connectivity index (χ3v) is 5.11. The number of fused-ring (bicyclic) bond motifs is 1. The number of hydrogen-bond acceptors (Lipinski definition) is 5. The number of anilines is 1. The normalized spacial score (nSPS) is 16.4. The molecule has 2 aromatic rings. The number of hydrogen-bond donors (Lipinski definition) is 0. The SMILES string of the molecule is CN(C)c1cccc(C(=O)N2CCN(Cc3ccc4c(c3)OCO4)CC2)c1. The van der Waals surface area contributed by atoms with Gasteiger partial charge in [-0.25, -0.2) is 0 Å². The second-order valence-corrected chi connectivity index (χ2v) is 7.20. The van der Waals surface area contributed by atoms with Crippen LogP contribution in [0.3, 0.4) is 0 Å². The van der Waals surface area contributed by atoms with E-state index in [0.717, 1.165) is 55.5 Å². The summed E-state index contributed by atoms with van der Waals surface area (Å²) < 4.78 is 10.8. The topological polar surface area (TPSA) is 45.3 Å². The van der Waals surface area contributed by atoms with Crippen molar-refractivity contribution in [3.63, 3.8) is 0 Å². The van der Waals surface area contributed by atoms with Crippen molar-refractivity contribution in [2.45, 2.75) is 6.54 Å². The van der Waals surface area contributed by atoms with E-state index in [2.05, 4.69) is 11.0 Å². The summed E-state index contributed by atoms with van der Waals surface area (Å²) in [4.78, 5) is 19.2. The summed E-state index contributed by atoms with van der Waals surface area (Å²) in [5.74, 6) is 1.75. The Hall–Kier alpha value is -2.73. The smallest absolute Gasteiger partial charge is 0.254 e. The number of rotatable bonds is 4. The van der Waals surface area contributed by atoms with Gasteiger partial charge in [0, 0.05) is 58.1 Å². The first-order valence-electron chi connectivity index (χ1n) is 9.28. The molecule has 4 rings (SSSR count). The lowest BCUT2D eigenvalue weighted by Crippen LogP contribution is -2.48. The van der Waals surface area contributed by atoms with Gasteiger partial charge in [-0.05, 0) is 35.9 Å². The van der Waals surface area contributed by atoms with Crippen molar-refractivity contribution in [1.82, 2.24) is 9.80 Å². The highest BCUT2D eigenvalue weighted by Gasteiger charge is 2.23. The van der Waals surface area contributed by atoms with E-state index in [1.807, 2.05) is 60.3 Å². The second kappa shape index (κ2) is 7.48. The maximum absolute atomic E-state index is 12.8. The number of carbonyl (C=O) groups is 1. The summed E-state index contributed by atoms with van der Waals surface area (Å²) in [5, 5.41) is 0. The summed E-state index contributed by atoms with van der Waals surface area (Å²) in [6, 6.07) is 13.9. The molecule has 0 radical (unpaired) electrons. The van der Waals surface area contributed by atoms with Crippen LogP contribution < -0.4 is 14.4 Å². The van der Waals surface area contributed by atoms with E-state index in [1.54, 1.807) is 0 Å². The fourth-order valence-electron chi connectivity index (χ4n) is 3.51. The third-order valence-electron chi connectivity index (χ3n) is 5.11. The van der Waals surface area contributed by atoms with E-state index in [-0.39, 0.29) is 5.91 Å². The van der Waals surface area contributed by atoms with Crippen LogP contribution in [-0.4, -0.2) is 62.8 Å². The van der Waals surface area contributed by atoms with E-state index in [9.17, 15) is 4.79 Å². The first-order chi connectivity index (χ1) is 13.1. The Balaban J connectivity index is 1.34. The van der Waals surface area contributed by atoms with Crippen molar-refractivity contribution in [3.8, 4) is 11.5 Å². The molecule has 1 amide bonds. The van der Waals surface area contributed by atoms with Crippen LogP contribution >= 0.6 is 0 Å². The van der Waals surface area contributed by atoms with Crippen LogP contribution in [0.4, 0.5) is 5.69 Å². The summed E-state index contributed by atoms with van der Waals surface area (Å²) in [5.41, 5.74) is 3.01. The van der Waals surface area contributed by atoms with E-state index in [4.69, 9.17) is 9.47 Å². The van der Waals surface area contributed by atoms with E-state index < -0.39 is 0 Å². The molecule has 6 heteroatoms. The predicted octanol–water partition coefficient (Wildman–Crippen LogP) is 2.44. The molecule has 27 heavy (non-hydrogen) atoms. The molecule has 6 nitrogen and oxygen atoms in total. The average Bonchev–Trinajstić information content (AvgIpc) is 3.16. The second-order valence-electron chi connectivity index (χ2n) is 7.20. The number of nitrogens with zero attached hydrogens (tertiary/aromatic N) is 3. The van der Waals surface area contributed by atoms with Crippen LogP contribution in [0, 0.1) is 0 Å². The van der Waals surface area contributed by atoms with Crippen LogP contribution in [-0.2, 0) is 6.54 Å². The minimum atomic E-state index is 0.112. The first kappa shape index (κ1) is 17.7. The van der Waals surface area contributed by atoms with Crippen molar-refractivity contribution >= 4 is 11.6 Å². The van der Waals surface area contributed by atoms with E-state index in [1.165, 1.54) is 5.56 Å². The number of ether oxygens (including phenoxy) is 2. The van der Waals surface area contributed by atoms with Crippen LogP contribution in [0.2, 0.25) is 0 Å². The zero-order chi connectivity index (χ0) is 18.8. The van der Waals surface area contributed by atoms with Crippen LogP contribution in [0.1, 0.15) is 15.9 Å². The largest absolute Gasteiger partial charge is 0.454 e. The summed E-state index contributed by atoms with van der Waals surface area (Å²) in [6.45, 7) is 4.38. The Morgan fingerprint density at radius 3 is 2.56 bits per heavy atom. The van der Waals surface area contributed by atoms with Gasteiger partial charge in [0.2, 0.25) is 6.79 Å². The van der Waals surface area contributed by atoms with Gasteiger partial charge >= 0.3 is 0 Å². The Bertz CT molecular complexity index is 829. The van der Waals surface area contributed by atoms with Gasteiger partial charge in [0.05, 0.1) is 0 Å². The van der Waals surface area contributed by atoms with Crippen LogP contribution in [0.15, 0.2) is 42.5 Å². The minimum Gasteiger partial charge on any atom is -0.454 e. The van der Waals surface area contributed by atoms with Gasteiger partial charge < -0.3 is 19.3 Å². The standard InChI is InChI=1S/C21H25N3O3/c1-22(2)18-5-3-4-17(13-18)21(25)24-10-8-23(9-11-24)14-16-6-7-19-20(12-16)27-15-26-19/h3-7,12-13H,8-11,14-15H2,1-2H3. The molecule has 0 saturated carbocycles. The molecule has 2 aliphatic rings. The number of carbonyl (C=O) groups excluding carboxylic acids is 1. The lowest BCUT2D eigenvalue weighted by atomic mass is 10.1. The summed E-state index contributed by atoms with van der Waals surface area (Å²) in [6.07, 6.45) is 0. The molecule has 2 heterocycles. The fourth-order valence-corrected chi connectivity index (χ4v) is 3.51. The molecule has 1 saturated heterocycles. The molecule has 142 valence electrons. The number of amides is 1. The third kappa shape index (κ3) is 3.85. The van der Waals surface area contributed by atoms with Crippen molar-refractivity contribution in [1.29, 1.82) is 0 Å². The Morgan fingerprint density at radius 1 is 1.00 bits per heavy atom. The molecule has 1 fully saturated rings. The maximum Gasteiger partial charge on any atom is 0.254 e. The van der Waals surface area contributed by atoms with Crippen LogP contribution in [0.5, 0.6) is 11.5 Å². The maximum atomic E-state index is 12.8. The number of benzene rings is 2. The van der Waals surface area contributed by atoms with Gasteiger partial charge in [-0.1, -0.05) is 12.1 Å². The zero-order valence-corrected chi connectivity index (χ0v) is 15.9. The molecule has 0 aromatic heterocycles. The average molecular weight is 367 g/mol. The fraction of sp³-hybridized carbons (Fsp3) is 0.381. The van der Waals surface area contributed by atoms with Crippen LogP contribution in [0.25, 0.3) is 0 Å². The van der Waals surface area contributed by atoms with Gasteiger partial charge in [-0.2, -0.15) is 0 Å². The highest BCUT2D eigenvalue weighted by Crippen LogP contribution is 2.32. The predicted molar refractivity (Wildman–Crippen MR) is 105 cm³/mol. The lowest BCUT2D eigenvalue weighted by Gasteiger charge is -2.35. The van der Waals surface area contributed by atoms with Crippen molar-refractivity contribution in [3.05, 3.63) is 53.6 Å². The molecular formula is C21H25N3O3. The highest BCUT2D eigenvalue weighted by molar-refractivity contribution is 5.95. The summed E-state index contributed by atoms with van der Waals surface area (Å²) >= 11 is 0. The quantitative estimate of drug-likeness (QED) is 0.831. The van der Waals surface area contributed by atoms with E-state index in [0.29, 0.717) is 6.79 Å². The molecule has 0 aliphatic carbocycles. The molecule has 0 atom stereocenters. The Labute approximate surface area is 159 Å². The summed E-state index contributed by atoms with van der Waals surface area (Å²) in [7, 11) is 3.97. The first-order valence-corrected chi connectivity index (χ1v) is 9.28. The molecule has 0 spiro atoms. The monoisotopic (exact) mass is 367 g/mol. The lowest BCUT2D eigenvalue weighted by molar-refractivity contribution is 0.0628. The minimum absolute atomic E-state index is 0.112. The van der Waals surface area contributed by atoms with Crippen molar-refractivity contribution in [2.24, 2.45) is 0 Å². The Morgan fingerprint density at radius 2 is 1.78 bits per heavy atom. The van der Waals surface area contributed by atoms with Gasteiger partial charge in [0.15, 0.2) is 11.5 Å². The van der Waals surface area contributed by atoms with Gasteiger partial charge in [0.25, 0.3) is 5.91 Å².